The number of nitrogens with zero attached hydrogens (tertiary/aromatic N) is 1. The zero-order chi connectivity index (χ0) is 10.7. The van der Waals surface area contributed by atoms with Crippen LogP contribution in [0, 0.1) is 5.92 Å². The van der Waals surface area contributed by atoms with Crippen molar-refractivity contribution in [2.24, 2.45) is 5.92 Å². The summed E-state index contributed by atoms with van der Waals surface area (Å²) in [6, 6.07) is 4.36. The molecule has 0 saturated carbocycles. The van der Waals surface area contributed by atoms with Crippen molar-refractivity contribution in [2.45, 2.75) is 39.5 Å². The second-order valence-electron chi connectivity index (χ2n) is 4.78. The van der Waals surface area contributed by atoms with E-state index in [4.69, 9.17) is 0 Å². The third-order valence-corrected chi connectivity index (χ3v) is 2.87. The zero-order valence-corrected chi connectivity index (χ0v) is 9.71. The first-order chi connectivity index (χ1) is 7.25. The van der Waals surface area contributed by atoms with Gasteiger partial charge in [-0.2, -0.15) is 0 Å². The maximum absolute atomic E-state index is 4.67. The van der Waals surface area contributed by atoms with Crippen LogP contribution in [0.2, 0.25) is 0 Å². The van der Waals surface area contributed by atoms with Gasteiger partial charge in [-0.25, -0.2) is 4.98 Å². The maximum Gasteiger partial charge on any atom is 0.126 e. The van der Waals surface area contributed by atoms with Crippen molar-refractivity contribution in [1.29, 1.82) is 0 Å². The molecule has 0 aliphatic heterocycles. The molecule has 15 heavy (non-hydrogen) atoms. The number of pyridine rings is 1. The molecule has 1 aromatic rings. The molecule has 0 unspecified atom stereocenters. The molecule has 82 valence electrons. The molecule has 1 aliphatic carbocycles. The van der Waals surface area contributed by atoms with Gasteiger partial charge < -0.3 is 5.32 Å². The van der Waals surface area contributed by atoms with E-state index in [1.54, 1.807) is 0 Å². The highest BCUT2D eigenvalue weighted by Gasteiger charge is 2.10. The van der Waals surface area contributed by atoms with E-state index in [1.807, 2.05) is 0 Å². The van der Waals surface area contributed by atoms with E-state index >= 15 is 0 Å². The van der Waals surface area contributed by atoms with Crippen LogP contribution in [0.25, 0.3) is 0 Å². The van der Waals surface area contributed by atoms with Crippen LogP contribution in [-0.4, -0.2) is 11.5 Å². The number of hydrogen-bond acceptors (Lipinski definition) is 2. The first kappa shape index (κ1) is 10.5. The molecule has 0 fully saturated rings. The average molecular weight is 204 g/mol. The summed E-state index contributed by atoms with van der Waals surface area (Å²) in [5.41, 5.74) is 2.77. The summed E-state index contributed by atoms with van der Waals surface area (Å²) in [6.07, 6.45) is 5.00. The van der Waals surface area contributed by atoms with Gasteiger partial charge in [0.2, 0.25) is 0 Å². The normalized spacial score (nSPS) is 15.1. The van der Waals surface area contributed by atoms with Gasteiger partial charge in [0.1, 0.15) is 5.82 Å². The summed E-state index contributed by atoms with van der Waals surface area (Å²) in [5, 5.41) is 3.38. The van der Waals surface area contributed by atoms with Crippen molar-refractivity contribution in [3.63, 3.8) is 0 Å². The SMILES string of the molecule is CC(C)CNc1ccc2c(n1)CCCC2. The van der Waals surface area contributed by atoms with Gasteiger partial charge >= 0.3 is 0 Å². The second-order valence-corrected chi connectivity index (χ2v) is 4.78. The quantitative estimate of drug-likeness (QED) is 0.818. The van der Waals surface area contributed by atoms with E-state index in [1.165, 1.54) is 30.5 Å². The first-order valence-corrected chi connectivity index (χ1v) is 5.98. The molecular formula is C13H20N2. The number of aromatic nitrogens is 1. The fourth-order valence-electron chi connectivity index (χ4n) is 1.99. The Labute approximate surface area is 92.1 Å². The van der Waals surface area contributed by atoms with Crippen molar-refractivity contribution in [3.8, 4) is 0 Å². The summed E-state index contributed by atoms with van der Waals surface area (Å²) in [6.45, 7) is 5.43. The summed E-state index contributed by atoms with van der Waals surface area (Å²) in [7, 11) is 0. The van der Waals surface area contributed by atoms with Crippen LogP contribution in [0.5, 0.6) is 0 Å². The lowest BCUT2D eigenvalue weighted by molar-refractivity contribution is 0.663. The molecule has 0 saturated heterocycles. The van der Waals surface area contributed by atoms with Crippen molar-refractivity contribution < 1.29 is 0 Å². The Morgan fingerprint density at radius 1 is 1.27 bits per heavy atom. The molecule has 1 heterocycles. The van der Waals surface area contributed by atoms with Gasteiger partial charge in [0, 0.05) is 12.2 Å². The molecule has 1 aliphatic rings. The highest BCUT2D eigenvalue weighted by molar-refractivity contribution is 5.39. The van der Waals surface area contributed by atoms with Gasteiger partial charge in [-0.15, -0.1) is 0 Å². The highest BCUT2D eigenvalue weighted by Crippen LogP contribution is 2.21. The van der Waals surface area contributed by atoms with Crippen LogP contribution in [0.4, 0.5) is 5.82 Å². The Balaban J connectivity index is 2.07. The predicted molar refractivity (Wildman–Crippen MR) is 64.2 cm³/mol. The largest absolute Gasteiger partial charge is 0.370 e. The molecule has 0 spiro atoms. The number of rotatable bonds is 3. The number of nitrogens with one attached hydrogen (secondary N) is 1. The van der Waals surface area contributed by atoms with Gasteiger partial charge in [-0.05, 0) is 43.2 Å². The van der Waals surface area contributed by atoms with Crippen molar-refractivity contribution >= 4 is 5.82 Å². The standard InChI is InChI=1S/C13H20N2/c1-10(2)9-14-13-8-7-11-5-3-4-6-12(11)15-13/h7-8,10H,3-6,9H2,1-2H3,(H,14,15). The number of hydrogen-bond donors (Lipinski definition) is 1. The van der Waals surface area contributed by atoms with Crippen LogP contribution in [0.15, 0.2) is 12.1 Å². The van der Waals surface area contributed by atoms with E-state index in [0.29, 0.717) is 5.92 Å². The fourth-order valence-corrected chi connectivity index (χ4v) is 1.99. The lowest BCUT2D eigenvalue weighted by Crippen LogP contribution is -2.12. The molecule has 2 heteroatoms. The van der Waals surface area contributed by atoms with E-state index in [-0.39, 0.29) is 0 Å². The summed E-state index contributed by atoms with van der Waals surface area (Å²) >= 11 is 0. The minimum atomic E-state index is 0.669. The van der Waals surface area contributed by atoms with Gasteiger partial charge in [0.25, 0.3) is 0 Å². The monoisotopic (exact) mass is 204 g/mol. The van der Waals surface area contributed by atoms with Gasteiger partial charge in [-0.3, -0.25) is 0 Å². The third kappa shape index (κ3) is 2.71. The molecule has 2 nitrogen and oxygen atoms in total. The van der Waals surface area contributed by atoms with Gasteiger partial charge in [0.15, 0.2) is 0 Å². The predicted octanol–water partition coefficient (Wildman–Crippen LogP) is 3.03. The topological polar surface area (TPSA) is 24.9 Å². The summed E-state index contributed by atoms with van der Waals surface area (Å²) in [4.78, 5) is 4.67. The lowest BCUT2D eigenvalue weighted by Gasteiger charge is -2.16. The van der Waals surface area contributed by atoms with E-state index in [0.717, 1.165) is 18.8 Å². The van der Waals surface area contributed by atoms with Crippen molar-refractivity contribution in [3.05, 3.63) is 23.4 Å². The van der Waals surface area contributed by atoms with E-state index in [2.05, 4.69) is 36.3 Å². The molecule has 1 N–H and O–H groups in total. The Morgan fingerprint density at radius 3 is 2.87 bits per heavy atom. The maximum atomic E-state index is 4.67. The van der Waals surface area contributed by atoms with Crippen LogP contribution in [0.3, 0.4) is 0 Å². The Morgan fingerprint density at radius 2 is 2.07 bits per heavy atom. The minimum absolute atomic E-state index is 0.669. The lowest BCUT2D eigenvalue weighted by atomic mass is 9.96. The molecule has 0 bridgehead atoms. The number of anilines is 1. The smallest absolute Gasteiger partial charge is 0.126 e. The molecule has 0 aromatic carbocycles. The summed E-state index contributed by atoms with van der Waals surface area (Å²) in [5.74, 6) is 1.71. The second kappa shape index (κ2) is 4.65. The first-order valence-electron chi connectivity index (χ1n) is 5.98. The van der Waals surface area contributed by atoms with Crippen molar-refractivity contribution in [2.75, 3.05) is 11.9 Å². The summed E-state index contributed by atoms with van der Waals surface area (Å²) < 4.78 is 0. The van der Waals surface area contributed by atoms with Gasteiger partial charge in [-0.1, -0.05) is 19.9 Å². The molecular weight excluding hydrogens is 184 g/mol. The number of aryl methyl sites for hydroxylation is 2. The van der Waals surface area contributed by atoms with E-state index in [9.17, 15) is 0 Å². The van der Waals surface area contributed by atoms with Crippen LogP contribution < -0.4 is 5.32 Å². The fraction of sp³-hybridized carbons (Fsp3) is 0.615. The van der Waals surface area contributed by atoms with Crippen LogP contribution in [-0.2, 0) is 12.8 Å². The highest BCUT2D eigenvalue weighted by atomic mass is 15.0. The van der Waals surface area contributed by atoms with Crippen molar-refractivity contribution in [1.82, 2.24) is 4.98 Å². The molecule has 0 atom stereocenters. The molecule has 0 amide bonds. The Bertz CT molecular complexity index is 331. The zero-order valence-electron chi connectivity index (χ0n) is 9.71. The molecule has 0 radical (unpaired) electrons. The minimum Gasteiger partial charge on any atom is -0.370 e. The Hall–Kier alpha value is -1.05. The van der Waals surface area contributed by atoms with Gasteiger partial charge in [0.05, 0.1) is 0 Å². The third-order valence-electron chi connectivity index (χ3n) is 2.87. The molecule has 2 rings (SSSR count). The Kier molecular flexibility index (Phi) is 3.24. The van der Waals surface area contributed by atoms with Crippen LogP contribution >= 0.6 is 0 Å². The average Bonchev–Trinajstić information content (AvgIpc) is 2.26. The molecule has 1 aromatic heterocycles. The number of fused-ring (bicyclic) bond motifs is 1. The van der Waals surface area contributed by atoms with E-state index < -0.39 is 0 Å². The van der Waals surface area contributed by atoms with Crippen LogP contribution in [0.1, 0.15) is 37.9 Å².